The number of pyridine rings is 1. The maximum absolute atomic E-state index is 15.3. The molecule has 42 heavy (non-hydrogen) atoms. The number of hydrogen-bond donors (Lipinski definition) is 3. The van der Waals surface area contributed by atoms with Gasteiger partial charge in [-0.25, -0.2) is 14.0 Å². The predicted molar refractivity (Wildman–Crippen MR) is 160 cm³/mol. The van der Waals surface area contributed by atoms with Crippen molar-refractivity contribution in [1.29, 1.82) is 0 Å². The van der Waals surface area contributed by atoms with Gasteiger partial charge in [0.05, 0.1) is 23.2 Å². The highest BCUT2D eigenvalue weighted by molar-refractivity contribution is 8.23. The lowest BCUT2D eigenvalue weighted by Gasteiger charge is -2.43. The zero-order valence-corrected chi connectivity index (χ0v) is 24.8. The number of β-lactam (4-membered cyclic amide) rings is 1. The number of piperazine rings is 1. The Balaban J connectivity index is 1.13. The van der Waals surface area contributed by atoms with E-state index in [1.165, 1.54) is 41.5 Å². The predicted octanol–water partition coefficient (Wildman–Crippen LogP) is 2.52. The van der Waals surface area contributed by atoms with Crippen molar-refractivity contribution < 1.29 is 34.1 Å². The van der Waals surface area contributed by atoms with E-state index in [2.05, 4.69) is 0 Å². The van der Waals surface area contributed by atoms with Crippen molar-refractivity contribution in [3.05, 3.63) is 50.5 Å². The van der Waals surface area contributed by atoms with Crippen molar-refractivity contribution in [2.75, 3.05) is 36.8 Å². The number of aliphatic hydroxyl groups excluding tert-OH is 1. The standard InChI is InChI=1S/C27H27FN4O7S3/c1-12(33)20-23(35)32-21(26(38)39)19(42-24(20)32)11-41-27(40)30-6-4-29(5-7-30)18-9-17-14(8-16(18)28)22(34)15(25(36)37)10-31(17)13-2-3-13/h8-10,12-13,20,24,33H,2-7,11H2,1H3,(H,36,37)(H,38,39)/t12-,20-,24-/m1/s1. The van der Waals surface area contributed by atoms with Crippen LogP contribution in [0.3, 0.4) is 0 Å². The molecule has 0 radical (unpaired) electrons. The van der Waals surface area contributed by atoms with E-state index in [0.717, 1.165) is 18.9 Å². The minimum absolute atomic E-state index is 0.0466. The van der Waals surface area contributed by atoms with Crippen LogP contribution in [-0.4, -0.2) is 95.3 Å². The number of aromatic carboxylic acids is 1. The van der Waals surface area contributed by atoms with E-state index >= 15 is 4.39 Å². The number of nitrogens with zero attached hydrogens (tertiary/aromatic N) is 4. The number of anilines is 1. The van der Waals surface area contributed by atoms with Crippen LogP contribution in [-0.2, 0) is 9.59 Å². The first-order valence-electron chi connectivity index (χ1n) is 13.4. The highest BCUT2D eigenvalue weighted by Gasteiger charge is 2.57. The van der Waals surface area contributed by atoms with Crippen molar-refractivity contribution in [3.63, 3.8) is 0 Å². The molecule has 2 saturated heterocycles. The molecule has 222 valence electrons. The molecule has 0 spiro atoms. The van der Waals surface area contributed by atoms with E-state index in [1.807, 2.05) is 9.80 Å². The van der Waals surface area contributed by atoms with E-state index in [1.54, 1.807) is 10.6 Å². The maximum atomic E-state index is 15.3. The first-order chi connectivity index (χ1) is 20.0. The van der Waals surface area contributed by atoms with E-state index in [0.29, 0.717) is 46.6 Å². The summed E-state index contributed by atoms with van der Waals surface area (Å²) in [6, 6.07) is 2.84. The molecule has 1 amide bonds. The summed E-state index contributed by atoms with van der Waals surface area (Å²) in [5.74, 6) is -3.89. The summed E-state index contributed by atoms with van der Waals surface area (Å²) in [5, 5.41) is 28.7. The fraction of sp³-hybridized carbons (Fsp3) is 0.444. The molecule has 6 rings (SSSR count). The molecular weight excluding hydrogens is 608 g/mol. The van der Waals surface area contributed by atoms with Gasteiger partial charge in [-0.2, -0.15) is 0 Å². The minimum atomic E-state index is -1.34. The lowest BCUT2D eigenvalue weighted by atomic mass is 9.92. The number of thiocarbonyl (C=S) groups is 1. The largest absolute Gasteiger partial charge is 0.477 e. The van der Waals surface area contributed by atoms with Gasteiger partial charge in [0.25, 0.3) is 0 Å². The summed E-state index contributed by atoms with van der Waals surface area (Å²) in [6.45, 7) is 3.40. The summed E-state index contributed by atoms with van der Waals surface area (Å²) >= 11 is 8.21. The fourth-order valence-corrected chi connectivity index (χ4v) is 8.67. The van der Waals surface area contributed by atoms with Gasteiger partial charge in [-0.3, -0.25) is 14.5 Å². The van der Waals surface area contributed by atoms with E-state index < -0.39 is 46.5 Å². The number of carbonyl (C=O) groups excluding carboxylic acids is 1. The molecule has 0 bridgehead atoms. The Bertz CT molecular complexity index is 1630. The average Bonchev–Trinajstić information content (AvgIpc) is 3.73. The smallest absolute Gasteiger partial charge is 0.353 e. The molecule has 3 atom stereocenters. The SMILES string of the molecule is C[C@@H](O)[C@@H]1C(=O)N2C(C(=O)O)=C(CSC(=S)N3CCN(c4cc5c(cc4F)c(=O)c(C(=O)O)cn5C4CC4)CC3)S[C@H]12. The van der Waals surface area contributed by atoms with Gasteiger partial charge in [0.2, 0.25) is 11.3 Å². The zero-order chi connectivity index (χ0) is 30.0. The van der Waals surface area contributed by atoms with E-state index in [9.17, 15) is 34.5 Å². The lowest BCUT2D eigenvalue weighted by Crippen LogP contribution is -2.60. The number of aromatic nitrogens is 1. The molecular formula is C27H27FN4O7S3. The number of carbonyl (C=O) groups is 3. The number of fused-ring (bicyclic) bond motifs is 2. The van der Waals surface area contributed by atoms with Gasteiger partial charge in [-0.1, -0.05) is 24.0 Å². The Hall–Kier alpha value is -3.14. The third-order valence-electron chi connectivity index (χ3n) is 8.05. The van der Waals surface area contributed by atoms with Crippen LogP contribution in [0.15, 0.2) is 33.7 Å². The van der Waals surface area contributed by atoms with Crippen molar-refractivity contribution in [2.24, 2.45) is 5.92 Å². The number of carboxylic acids is 2. The Morgan fingerprint density at radius 2 is 1.83 bits per heavy atom. The van der Waals surface area contributed by atoms with Gasteiger partial charge in [-0.05, 0) is 31.9 Å². The monoisotopic (exact) mass is 634 g/mol. The number of benzene rings is 1. The van der Waals surface area contributed by atoms with Crippen molar-refractivity contribution in [1.82, 2.24) is 14.4 Å². The quantitative estimate of drug-likeness (QED) is 0.304. The Morgan fingerprint density at radius 3 is 2.43 bits per heavy atom. The lowest BCUT2D eigenvalue weighted by molar-refractivity contribution is -0.156. The minimum Gasteiger partial charge on any atom is -0.477 e. The highest BCUT2D eigenvalue weighted by Crippen LogP contribution is 2.51. The van der Waals surface area contributed by atoms with Crippen LogP contribution in [0.4, 0.5) is 10.1 Å². The van der Waals surface area contributed by atoms with Crippen LogP contribution in [0.2, 0.25) is 0 Å². The van der Waals surface area contributed by atoms with Crippen LogP contribution in [0, 0.1) is 11.7 Å². The van der Waals surface area contributed by atoms with Gasteiger partial charge >= 0.3 is 11.9 Å². The van der Waals surface area contributed by atoms with E-state index in [4.69, 9.17) is 12.2 Å². The molecule has 4 heterocycles. The van der Waals surface area contributed by atoms with Gasteiger partial charge in [0.15, 0.2) is 0 Å². The van der Waals surface area contributed by atoms with Gasteiger partial charge in [0, 0.05) is 54.5 Å². The molecule has 4 aliphatic rings. The summed E-state index contributed by atoms with van der Waals surface area (Å²) in [4.78, 5) is 54.3. The third kappa shape index (κ3) is 4.85. The van der Waals surface area contributed by atoms with Crippen LogP contribution < -0.4 is 10.3 Å². The molecule has 15 heteroatoms. The molecule has 1 aromatic heterocycles. The number of amides is 1. The van der Waals surface area contributed by atoms with Crippen molar-refractivity contribution in [2.45, 2.75) is 37.3 Å². The second kappa shape index (κ2) is 10.8. The van der Waals surface area contributed by atoms with Gasteiger partial charge in [-0.15, -0.1) is 11.8 Å². The van der Waals surface area contributed by atoms with Crippen LogP contribution in [0.1, 0.15) is 36.2 Å². The number of carboxylic acid groups (broad SMARTS) is 2. The maximum Gasteiger partial charge on any atom is 0.353 e. The normalized spacial score (nSPS) is 22.8. The van der Waals surface area contributed by atoms with Crippen LogP contribution in [0.25, 0.3) is 10.9 Å². The number of aliphatic hydroxyl groups is 1. The highest BCUT2D eigenvalue weighted by atomic mass is 32.2. The Labute approximate surface area is 252 Å². The molecule has 1 saturated carbocycles. The molecule has 3 fully saturated rings. The Kier molecular flexibility index (Phi) is 7.48. The summed E-state index contributed by atoms with van der Waals surface area (Å²) < 4.78 is 17.6. The first kappa shape index (κ1) is 29.0. The fourth-order valence-electron chi connectivity index (χ4n) is 5.71. The summed E-state index contributed by atoms with van der Waals surface area (Å²) in [5.41, 5.74) is -0.293. The van der Waals surface area contributed by atoms with Crippen LogP contribution in [0.5, 0.6) is 0 Å². The Morgan fingerprint density at radius 1 is 1.14 bits per heavy atom. The molecule has 1 aromatic carbocycles. The average molecular weight is 635 g/mol. The molecule has 2 aromatic rings. The molecule has 3 aliphatic heterocycles. The van der Waals surface area contributed by atoms with Gasteiger partial charge < -0.3 is 29.7 Å². The summed E-state index contributed by atoms with van der Waals surface area (Å²) in [6.07, 6.45) is 2.20. The second-order valence-electron chi connectivity index (χ2n) is 10.7. The number of hydrogen-bond acceptors (Lipinski definition) is 9. The third-order valence-corrected chi connectivity index (χ3v) is 11.2. The number of rotatable bonds is 7. The van der Waals surface area contributed by atoms with Crippen molar-refractivity contribution >= 4 is 74.5 Å². The van der Waals surface area contributed by atoms with Crippen LogP contribution >= 0.6 is 35.7 Å². The number of thioether (sulfide) groups is 2. The van der Waals surface area contributed by atoms with Crippen molar-refractivity contribution in [3.8, 4) is 0 Å². The van der Waals surface area contributed by atoms with E-state index in [-0.39, 0.29) is 28.4 Å². The molecule has 0 unspecified atom stereocenters. The second-order valence-corrected chi connectivity index (χ2v) is 13.5. The topological polar surface area (TPSA) is 144 Å². The molecule has 3 N–H and O–H groups in total. The number of aliphatic carboxylic acids is 1. The zero-order valence-electron chi connectivity index (χ0n) is 22.4. The first-order valence-corrected chi connectivity index (χ1v) is 15.7. The molecule has 11 nitrogen and oxygen atoms in total. The molecule has 1 aliphatic carbocycles. The summed E-state index contributed by atoms with van der Waals surface area (Å²) in [7, 11) is 0. The van der Waals surface area contributed by atoms with Gasteiger partial charge in [0.1, 0.15) is 26.8 Å². The number of halogens is 1.